The number of benzene rings is 4. The molecule has 0 unspecified atom stereocenters. The molecule has 0 saturated heterocycles. The molecule has 0 aliphatic carbocycles. The van der Waals surface area contributed by atoms with E-state index >= 15 is 0 Å². The molecule has 4 aromatic carbocycles. The molecule has 0 saturated carbocycles. The minimum Gasteiger partial charge on any atom is -0.457 e. The number of furan rings is 1. The molecule has 0 spiro atoms. The fourth-order valence-electron chi connectivity index (χ4n) is 4.04. The molecule has 0 bridgehead atoms. The number of carbonyl (C=O) groups is 3. The molecule has 0 radical (unpaired) electrons. The second-order valence-electron chi connectivity index (χ2n) is 9.53. The summed E-state index contributed by atoms with van der Waals surface area (Å²) in [4.78, 5) is 39.4. The van der Waals surface area contributed by atoms with Crippen LogP contribution in [-0.4, -0.2) is 23.5 Å². The molecule has 45 heavy (non-hydrogen) atoms. The molecule has 3 amide bonds. The zero-order chi connectivity index (χ0) is 31.8. The number of thioether (sulfide) groups is 1. The highest BCUT2D eigenvalue weighted by Crippen LogP contribution is 2.26. The fraction of sp³-hybridized carbons (Fsp3) is 0.0294. The molecule has 5 aromatic rings. The molecule has 0 aliphatic heterocycles. The van der Waals surface area contributed by atoms with E-state index in [2.05, 4.69) is 31.9 Å². The first-order chi connectivity index (χ1) is 21.7. The molecule has 11 heteroatoms. The Labute approximate surface area is 276 Å². The van der Waals surface area contributed by atoms with E-state index in [0.29, 0.717) is 22.8 Å². The second kappa shape index (κ2) is 14.9. The highest BCUT2D eigenvalue weighted by atomic mass is 79.9. The molecular formula is C34H24BrClFN3O4S. The van der Waals surface area contributed by atoms with E-state index in [-0.39, 0.29) is 28.1 Å². The van der Waals surface area contributed by atoms with Gasteiger partial charge < -0.3 is 20.4 Å². The van der Waals surface area contributed by atoms with Crippen molar-refractivity contribution in [3.05, 3.63) is 142 Å². The monoisotopic (exact) mass is 703 g/mol. The predicted octanol–water partition coefficient (Wildman–Crippen LogP) is 8.64. The molecule has 0 fully saturated rings. The van der Waals surface area contributed by atoms with Crippen molar-refractivity contribution < 1.29 is 23.2 Å². The van der Waals surface area contributed by atoms with Crippen LogP contribution in [0.1, 0.15) is 16.1 Å². The lowest BCUT2D eigenvalue weighted by Gasteiger charge is -2.11. The van der Waals surface area contributed by atoms with Gasteiger partial charge in [0.15, 0.2) is 0 Å². The normalized spacial score (nSPS) is 11.1. The van der Waals surface area contributed by atoms with Gasteiger partial charge in [0, 0.05) is 37.3 Å². The van der Waals surface area contributed by atoms with Crippen molar-refractivity contribution in [2.45, 2.75) is 4.90 Å². The summed E-state index contributed by atoms with van der Waals surface area (Å²) in [5.74, 6) is -1.02. The topological polar surface area (TPSA) is 100 Å². The second-order valence-corrected chi connectivity index (χ2v) is 11.9. The number of hydrogen-bond donors (Lipinski definition) is 3. The molecule has 5 rings (SSSR count). The Hall–Kier alpha value is -4.64. The first kappa shape index (κ1) is 31.8. The number of anilines is 2. The van der Waals surface area contributed by atoms with Crippen molar-refractivity contribution in [2.24, 2.45) is 0 Å². The number of amides is 3. The number of carbonyl (C=O) groups excluding carboxylic acids is 3. The molecule has 0 aliphatic rings. The van der Waals surface area contributed by atoms with Crippen LogP contribution in [0, 0.1) is 5.82 Å². The lowest BCUT2D eigenvalue weighted by atomic mass is 10.2. The van der Waals surface area contributed by atoms with Gasteiger partial charge in [0.2, 0.25) is 5.91 Å². The van der Waals surface area contributed by atoms with Gasteiger partial charge >= 0.3 is 0 Å². The third-order valence-corrected chi connectivity index (χ3v) is 8.03. The fourth-order valence-corrected chi connectivity index (χ4v) is 5.16. The van der Waals surface area contributed by atoms with Crippen molar-refractivity contribution in [1.29, 1.82) is 0 Å². The van der Waals surface area contributed by atoms with Gasteiger partial charge in [-0.3, -0.25) is 14.4 Å². The van der Waals surface area contributed by atoms with E-state index in [9.17, 15) is 18.8 Å². The van der Waals surface area contributed by atoms with Gasteiger partial charge in [-0.15, -0.1) is 11.8 Å². The Morgan fingerprint density at radius 2 is 1.60 bits per heavy atom. The summed E-state index contributed by atoms with van der Waals surface area (Å²) < 4.78 is 20.9. The average molecular weight is 705 g/mol. The van der Waals surface area contributed by atoms with Gasteiger partial charge in [0.25, 0.3) is 11.8 Å². The Kier molecular flexibility index (Phi) is 10.5. The molecule has 3 N–H and O–H groups in total. The van der Waals surface area contributed by atoms with Crippen LogP contribution in [0.2, 0.25) is 5.02 Å². The summed E-state index contributed by atoms with van der Waals surface area (Å²) in [7, 11) is 0. The van der Waals surface area contributed by atoms with E-state index in [1.807, 2.05) is 24.3 Å². The smallest absolute Gasteiger partial charge is 0.272 e. The van der Waals surface area contributed by atoms with Crippen molar-refractivity contribution >= 4 is 74.5 Å². The minimum atomic E-state index is -0.619. The highest BCUT2D eigenvalue weighted by Gasteiger charge is 2.17. The Bertz CT molecular complexity index is 1860. The first-order valence-electron chi connectivity index (χ1n) is 13.5. The summed E-state index contributed by atoms with van der Waals surface area (Å²) in [6, 6.07) is 30.5. The summed E-state index contributed by atoms with van der Waals surface area (Å²) >= 11 is 10.4. The lowest BCUT2D eigenvalue weighted by Crippen LogP contribution is -2.30. The lowest BCUT2D eigenvalue weighted by molar-refractivity contribution is -0.114. The zero-order valence-electron chi connectivity index (χ0n) is 23.4. The SMILES string of the molecule is O=C(CSc1ccc(NC(=O)C(=Cc2ccc(-c3ccc(Br)cc3)o2)NC(=O)c2ccccc2)cc1)Nc1ccc(Cl)cc1F. The number of rotatable bonds is 10. The van der Waals surface area contributed by atoms with Crippen LogP contribution in [-0.2, 0) is 9.59 Å². The van der Waals surface area contributed by atoms with Crippen LogP contribution in [0.4, 0.5) is 15.8 Å². The molecule has 226 valence electrons. The first-order valence-corrected chi connectivity index (χ1v) is 15.6. The van der Waals surface area contributed by atoms with Gasteiger partial charge in [-0.05, 0) is 78.9 Å². The van der Waals surface area contributed by atoms with Crippen molar-refractivity contribution in [2.75, 3.05) is 16.4 Å². The molecule has 1 aromatic heterocycles. The maximum absolute atomic E-state index is 14.0. The van der Waals surface area contributed by atoms with Crippen molar-refractivity contribution in [1.82, 2.24) is 5.32 Å². The Morgan fingerprint density at radius 3 is 2.31 bits per heavy atom. The van der Waals surface area contributed by atoms with Crippen molar-refractivity contribution in [3.8, 4) is 11.3 Å². The zero-order valence-corrected chi connectivity index (χ0v) is 26.5. The minimum absolute atomic E-state index is 0.0230. The molecule has 7 nitrogen and oxygen atoms in total. The maximum atomic E-state index is 14.0. The quantitative estimate of drug-likeness (QED) is 0.0999. The summed E-state index contributed by atoms with van der Waals surface area (Å²) in [5.41, 5.74) is 1.72. The number of nitrogens with one attached hydrogen (secondary N) is 3. The summed E-state index contributed by atoms with van der Waals surface area (Å²) in [6.45, 7) is 0. The van der Waals surface area contributed by atoms with E-state index in [4.69, 9.17) is 16.0 Å². The van der Waals surface area contributed by atoms with E-state index in [1.165, 1.54) is 30.0 Å². The van der Waals surface area contributed by atoms with Crippen LogP contribution in [0.3, 0.4) is 0 Å². The van der Waals surface area contributed by atoms with Gasteiger partial charge in [0.05, 0.1) is 11.4 Å². The predicted molar refractivity (Wildman–Crippen MR) is 180 cm³/mol. The molecule has 0 atom stereocenters. The number of hydrogen-bond acceptors (Lipinski definition) is 5. The third kappa shape index (κ3) is 8.95. The largest absolute Gasteiger partial charge is 0.457 e. The van der Waals surface area contributed by atoms with E-state index in [0.717, 1.165) is 21.0 Å². The summed E-state index contributed by atoms with van der Waals surface area (Å²) in [6.07, 6.45) is 1.46. The molecular weight excluding hydrogens is 681 g/mol. The standard InChI is InChI=1S/C34H24BrClFN3O4S/c35-23-8-6-21(7-9-23)31-17-13-26(44-31)19-30(40-33(42)22-4-2-1-3-5-22)34(43)38-25-11-14-27(15-12-25)45-20-32(41)39-29-16-10-24(36)18-28(29)37/h1-19H,20H2,(H,38,43)(H,39,41)(H,40,42). The van der Waals surface area contributed by atoms with Crippen LogP contribution in [0.25, 0.3) is 17.4 Å². The highest BCUT2D eigenvalue weighted by molar-refractivity contribution is 9.10. The van der Waals surface area contributed by atoms with Crippen molar-refractivity contribution in [3.63, 3.8) is 0 Å². The van der Waals surface area contributed by atoms with E-state index < -0.39 is 17.6 Å². The van der Waals surface area contributed by atoms with Crippen LogP contribution in [0.15, 0.2) is 129 Å². The molecule has 1 heterocycles. The van der Waals surface area contributed by atoms with E-state index in [1.54, 1.807) is 66.7 Å². The number of halogens is 3. The van der Waals surface area contributed by atoms with Crippen LogP contribution in [0.5, 0.6) is 0 Å². The summed E-state index contributed by atoms with van der Waals surface area (Å²) in [5, 5.41) is 8.23. The average Bonchev–Trinajstić information content (AvgIpc) is 3.51. The van der Waals surface area contributed by atoms with Gasteiger partial charge in [0.1, 0.15) is 23.0 Å². The van der Waals surface area contributed by atoms with Crippen LogP contribution < -0.4 is 16.0 Å². The van der Waals surface area contributed by atoms with Crippen LogP contribution >= 0.6 is 39.3 Å². The maximum Gasteiger partial charge on any atom is 0.272 e. The Morgan fingerprint density at radius 1 is 0.867 bits per heavy atom. The Balaban J connectivity index is 1.26. The third-order valence-electron chi connectivity index (χ3n) is 6.26. The van der Waals surface area contributed by atoms with Gasteiger partial charge in [-0.1, -0.05) is 57.9 Å². The van der Waals surface area contributed by atoms with Gasteiger partial charge in [-0.2, -0.15) is 0 Å². The van der Waals surface area contributed by atoms with Gasteiger partial charge in [-0.25, -0.2) is 4.39 Å².